The Labute approximate surface area is 168 Å². The molecule has 0 saturated carbocycles. The van der Waals surface area contributed by atoms with Gasteiger partial charge in [0.05, 0.1) is 19.3 Å². The van der Waals surface area contributed by atoms with Crippen LogP contribution in [0, 0.1) is 0 Å². The Kier molecular flexibility index (Phi) is 5.70. The van der Waals surface area contributed by atoms with E-state index in [1.807, 2.05) is 48.5 Å². The number of carbonyl (C=O) groups excluding carboxylic acids is 1. The highest BCUT2D eigenvalue weighted by Gasteiger charge is 2.49. The summed E-state index contributed by atoms with van der Waals surface area (Å²) in [5.74, 6) is 0. The summed E-state index contributed by atoms with van der Waals surface area (Å²) >= 11 is 5.38. The molecule has 0 radical (unpaired) electrons. The van der Waals surface area contributed by atoms with Gasteiger partial charge in [-0.1, -0.05) is 36.4 Å². The molecule has 0 aliphatic carbocycles. The van der Waals surface area contributed by atoms with Crippen molar-refractivity contribution in [3.8, 4) is 0 Å². The van der Waals surface area contributed by atoms with Crippen molar-refractivity contribution in [1.82, 2.24) is 5.32 Å². The van der Waals surface area contributed by atoms with Gasteiger partial charge in [0.25, 0.3) is 0 Å². The number of nitrogens with one attached hydrogen (secondary N) is 3. The van der Waals surface area contributed by atoms with Gasteiger partial charge in [-0.05, 0) is 36.5 Å². The van der Waals surface area contributed by atoms with Crippen molar-refractivity contribution in [2.75, 3.05) is 23.8 Å². The molecular weight excluding hydrogens is 378 g/mol. The average molecular weight is 399 g/mol. The smallest absolute Gasteiger partial charge is 0.412 e. The van der Waals surface area contributed by atoms with Crippen LogP contribution in [0.1, 0.15) is 0 Å². The van der Waals surface area contributed by atoms with Gasteiger partial charge in [0.2, 0.25) is 0 Å². The maximum atomic E-state index is 12.1. The van der Waals surface area contributed by atoms with E-state index in [0.29, 0.717) is 17.4 Å². The van der Waals surface area contributed by atoms with Crippen LogP contribution in [0.5, 0.6) is 0 Å². The first-order chi connectivity index (χ1) is 13.7. The summed E-state index contributed by atoms with van der Waals surface area (Å²) < 4.78 is 17.2. The molecule has 2 aliphatic heterocycles. The molecule has 4 atom stereocenters. The summed E-state index contributed by atoms with van der Waals surface area (Å²) in [5, 5.41) is 9.56. The standard InChI is InChI=1S/C20H21N3O4S/c24-20(22-14-9-5-2-6-10-14)27-16-12-26-17-15(11-25-18(16)17)23-19(28)21-13-7-3-1-4-8-13/h1-10,15-18H,11-12H2,(H,22,24)(H2,21,23,28)/t15-,16-,17-,18+/m1/s1. The highest BCUT2D eigenvalue weighted by Crippen LogP contribution is 2.29. The van der Waals surface area contributed by atoms with Gasteiger partial charge < -0.3 is 24.8 Å². The Hall–Kier alpha value is -2.68. The highest BCUT2D eigenvalue weighted by molar-refractivity contribution is 7.80. The number of amides is 1. The largest absolute Gasteiger partial charge is 0.441 e. The second-order valence-corrected chi connectivity index (χ2v) is 7.01. The third-order valence-corrected chi connectivity index (χ3v) is 4.85. The van der Waals surface area contributed by atoms with Gasteiger partial charge in [-0.15, -0.1) is 0 Å². The molecule has 4 rings (SSSR count). The summed E-state index contributed by atoms with van der Waals surface area (Å²) in [5.41, 5.74) is 1.58. The van der Waals surface area contributed by atoms with Crippen LogP contribution >= 0.6 is 12.2 Å². The fourth-order valence-electron chi connectivity index (χ4n) is 3.35. The van der Waals surface area contributed by atoms with E-state index in [4.69, 9.17) is 26.4 Å². The predicted octanol–water partition coefficient (Wildman–Crippen LogP) is 2.76. The summed E-state index contributed by atoms with van der Waals surface area (Å²) in [6, 6.07) is 18.7. The zero-order chi connectivity index (χ0) is 19.3. The van der Waals surface area contributed by atoms with Crippen LogP contribution < -0.4 is 16.0 Å². The second kappa shape index (κ2) is 8.55. The van der Waals surface area contributed by atoms with Crippen LogP contribution in [0.4, 0.5) is 16.2 Å². The summed E-state index contributed by atoms with van der Waals surface area (Å²) in [4.78, 5) is 12.1. The predicted molar refractivity (Wildman–Crippen MR) is 109 cm³/mol. The number of thiocarbonyl (C=S) groups is 1. The molecule has 0 bridgehead atoms. The zero-order valence-corrected chi connectivity index (χ0v) is 15.9. The highest BCUT2D eigenvalue weighted by atomic mass is 32.1. The summed E-state index contributed by atoms with van der Waals surface area (Å²) in [7, 11) is 0. The Balaban J connectivity index is 1.28. The number of para-hydroxylation sites is 2. The topological polar surface area (TPSA) is 80.9 Å². The second-order valence-electron chi connectivity index (χ2n) is 6.60. The van der Waals surface area contributed by atoms with Crippen molar-refractivity contribution in [2.24, 2.45) is 0 Å². The molecule has 2 saturated heterocycles. The van der Waals surface area contributed by atoms with E-state index in [1.54, 1.807) is 12.1 Å². The Bertz CT molecular complexity index is 751. The number of hydrogen-bond donors (Lipinski definition) is 3. The molecular formula is C20H21N3O4S. The minimum atomic E-state index is -0.526. The van der Waals surface area contributed by atoms with Crippen molar-refractivity contribution in [1.29, 1.82) is 0 Å². The fourth-order valence-corrected chi connectivity index (χ4v) is 3.62. The van der Waals surface area contributed by atoms with Crippen LogP contribution in [0.3, 0.4) is 0 Å². The number of hydrogen-bond acceptors (Lipinski definition) is 5. The SMILES string of the molecule is O=C(Nc1ccccc1)O[C@@H]1CO[C@H]2[C@H]1OC[C@H]2NC(=S)Nc1ccccc1. The lowest BCUT2D eigenvalue weighted by molar-refractivity contribution is 0.00880. The van der Waals surface area contributed by atoms with Crippen LogP contribution in [-0.2, 0) is 14.2 Å². The number of benzene rings is 2. The van der Waals surface area contributed by atoms with Crippen LogP contribution in [0.25, 0.3) is 0 Å². The van der Waals surface area contributed by atoms with Crippen LogP contribution in [0.15, 0.2) is 60.7 Å². The molecule has 2 aromatic rings. The number of anilines is 2. The molecule has 0 unspecified atom stereocenters. The maximum absolute atomic E-state index is 12.1. The van der Waals surface area contributed by atoms with E-state index in [1.165, 1.54) is 0 Å². The Morgan fingerprint density at radius 1 is 0.893 bits per heavy atom. The lowest BCUT2D eigenvalue weighted by Crippen LogP contribution is -2.46. The fraction of sp³-hybridized carbons (Fsp3) is 0.300. The van der Waals surface area contributed by atoms with E-state index >= 15 is 0 Å². The molecule has 2 heterocycles. The van der Waals surface area contributed by atoms with E-state index < -0.39 is 12.2 Å². The third kappa shape index (κ3) is 4.41. The van der Waals surface area contributed by atoms with Crippen LogP contribution in [0.2, 0.25) is 0 Å². The van der Waals surface area contributed by atoms with Gasteiger partial charge in [0.15, 0.2) is 11.2 Å². The first-order valence-electron chi connectivity index (χ1n) is 9.07. The molecule has 3 N–H and O–H groups in total. The van der Waals surface area contributed by atoms with Crippen LogP contribution in [-0.4, -0.2) is 48.8 Å². The van der Waals surface area contributed by atoms with Gasteiger partial charge in [-0.25, -0.2) is 4.79 Å². The molecule has 0 aromatic heterocycles. The van der Waals surface area contributed by atoms with Gasteiger partial charge in [0.1, 0.15) is 12.2 Å². The lowest BCUT2D eigenvalue weighted by atomic mass is 10.1. The van der Waals surface area contributed by atoms with Gasteiger partial charge in [-0.3, -0.25) is 5.32 Å². The number of ether oxygens (including phenoxy) is 3. The van der Waals surface area contributed by atoms with E-state index in [0.717, 1.165) is 5.69 Å². The van der Waals surface area contributed by atoms with Gasteiger partial charge in [0, 0.05) is 11.4 Å². The van der Waals surface area contributed by atoms with Crippen molar-refractivity contribution in [2.45, 2.75) is 24.4 Å². The molecule has 28 heavy (non-hydrogen) atoms. The minimum Gasteiger partial charge on any atom is -0.441 e. The molecule has 7 nitrogen and oxygen atoms in total. The Morgan fingerprint density at radius 2 is 1.50 bits per heavy atom. The summed E-state index contributed by atoms with van der Waals surface area (Å²) in [6.45, 7) is 0.709. The average Bonchev–Trinajstić information content (AvgIpc) is 3.27. The third-order valence-electron chi connectivity index (χ3n) is 4.63. The van der Waals surface area contributed by atoms with Crippen molar-refractivity contribution in [3.05, 3.63) is 60.7 Å². The quantitative estimate of drug-likeness (QED) is 0.682. The first-order valence-corrected chi connectivity index (χ1v) is 9.48. The van der Waals surface area contributed by atoms with Gasteiger partial charge in [-0.2, -0.15) is 0 Å². The van der Waals surface area contributed by atoms with Gasteiger partial charge >= 0.3 is 6.09 Å². The molecule has 2 fully saturated rings. The number of carbonyl (C=O) groups is 1. The van der Waals surface area contributed by atoms with Crippen molar-refractivity contribution in [3.63, 3.8) is 0 Å². The van der Waals surface area contributed by atoms with Crippen molar-refractivity contribution < 1.29 is 19.0 Å². The lowest BCUT2D eigenvalue weighted by Gasteiger charge is -2.19. The minimum absolute atomic E-state index is 0.112. The molecule has 8 heteroatoms. The maximum Gasteiger partial charge on any atom is 0.412 e. The monoisotopic (exact) mass is 399 g/mol. The molecule has 1 amide bonds. The molecule has 2 aromatic carbocycles. The molecule has 146 valence electrons. The van der Waals surface area contributed by atoms with E-state index in [-0.39, 0.29) is 24.9 Å². The number of rotatable bonds is 4. The first kappa shape index (κ1) is 18.7. The van der Waals surface area contributed by atoms with E-state index in [2.05, 4.69) is 16.0 Å². The Morgan fingerprint density at radius 3 is 2.18 bits per heavy atom. The van der Waals surface area contributed by atoms with E-state index in [9.17, 15) is 4.79 Å². The van der Waals surface area contributed by atoms with Crippen molar-refractivity contribution >= 4 is 34.8 Å². The summed E-state index contributed by atoms with van der Waals surface area (Å²) in [6.07, 6.45) is -1.54. The molecule has 2 aliphatic rings. The zero-order valence-electron chi connectivity index (χ0n) is 15.0. The normalized spacial score (nSPS) is 25.6. The molecule has 0 spiro atoms. The number of fused-ring (bicyclic) bond motifs is 1.